The highest BCUT2D eigenvalue weighted by molar-refractivity contribution is 6.03. The van der Waals surface area contributed by atoms with E-state index in [1.807, 2.05) is 6.07 Å². The highest BCUT2D eigenvalue weighted by atomic mass is 16.5. The minimum absolute atomic E-state index is 0.631. The number of hydrogen-bond donors (Lipinski definition) is 0. The van der Waals surface area contributed by atoms with Crippen molar-refractivity contribution >= 4 is 17.1 Å². The Morgan fingerprint density at radius 1 is 0.297 bits per heavy atom. The van der Waals surface area contributed by atoms with Gasteiger partial charge in [-0.05, 0) is 144 Å². The van der Waals surface area contributed by atoms with Crippen LogP contribution in [0.5, 0.6) is 11.5 Å². The Morgan fingerprint density at radius 2 is 0.828 bits per heavy atom. The third-order valence-corrected chi connectivity index (χ3v) is 14.3. The molecule has 0 saturated carbocycles. The molecule has 298 valence electrons. The normalized spacial score (nSPS) is 15.0. The largest absolute Gasteiger partial charge is 0.456 e. The number of para-hydroxylation sites is 2. The Labute approximate surface area is 373 Å². The van der Waals surface area contributed by atoms with Gasteiger partial charge in [-0.1, -0.05) is 176 Å². The van der Waals surface area contributed by atoms with Gasteiger partial charge in [0.2, 0.25) is 0 Å². The molecule has 2 heteroatoms. The fraction of sp³-hybridized carbons (Fsp3) is 0.0323. The zero-order valence-corrected chi connectivity index (χ0v) is 34.9. The van der Waals surface area contributed by atoms with Gasteiger partial charge in [-0.15, -0.1) is 0 Å². The molecule has 0 aromatic heterocycles. The molecule has 10 aromatic rings. The Kier molecular flexibility index (Phi) is 7.41. The van der Waals surface area contributed by atoms with Crippen LogP contribution >= 0.6 is 0 Å². The first-order valence-corrected chi connectivity index (χ1v) is 22.3. The maximum atomic E-state index is 6.75. The molecule has 64 heavy (non-hydrogen) atoms. The van der Waals surface area contributed by atoms with E-state index in [2.05, 4.69) is 223 Å². The Hall–Kier alpha value is -8.20. The minimum atomic E-state index is -0.631. The molecule has 0 radical (unpaired) electrons. The lowest BCUT2D eigenvalue weighted by molar-refractivity contribution is 0.488. The average Bonchev–Trinajstić information content (AvgIpc) is 3.80. The van der Waals surface area contributed by atoms with E-state index in [9.17, 15) is 0 Å². The quantitative estimate of drug-likeness (QED) is 0.176. The molecule has 14 rings (SSSR count). The minimum Gasteiger partial charge on any atom is -0.456 e. The fourth-order valence-corrected chi connectivity index (χ4v) is 11.8. The van der Waals surface area contributed by atoms with E-state index in [1.165, 1.54) is 77.9 Å². The molecule has 0 N–H and O–H groups in total. The third kappa shape index (κ3) is 4.80. The second-order valence-corrected chi connectivity index (χ2v) is 17.5. The second-order valence-electron chi connectivity index (χ2n) is 17.5. The summed E-state index contributed by atoms with van der Waals surface area (Å²) < 4.78 is 6.75. The molecule has 0 bridgehead atoms. The van der Waals surface area contributed by atoms with E-state index >= 15 is 0 Å². The van der Waals surface area contributed by atoms with Gasteiger partial charge >= 0.3 is 0 Å². The summed E-state index contributed by atoms with van der Waals surface area (Å²) in [5.41, 5.74) is 25.5. The van der Waals surface area contributed by atoms with Crippen molar-refractivity contribution in [3.8, 4) is 78.3 Å². The van der Waals surface area contributed by atoms with Crippen molar-refractivity contribution < 1.29 is 4.74 Å². The van der Waals surface area contributed by atoms with Crippen molar-refractivity contribution in [2.45, 2.75) is 11.8 Å². The standard InChI is InChI=1S/C62H39NO/c1-2-17-41(18-3-1)63(42-32-35-59-53(37-42)48-23-9-8-22-47(48)51-25-12-15-29-58(51)64-59)43-31-33-50-46-21-7-6-20-45(46)49-24-10-13-27-54(49)62(57(50)38-43)55-28-14-11-26-52(55)61-56(62)34-30-40-36-39-16-4-5-19-44(39)60(40)61/h1-35,37-38H,36H2. The number of nitrogens with zero attached hydrogens (tertiary/aromatic N) is 1. The predicted octanol–water partition coefficient (Wildman–Crippen LogP) is 16.2. The van der Waals surface area contributed by atoms with Gasteiger partial charge in [-0.25, -0.2) is 0 Å². The van der Waals surface area contributed by atoms with Crippen LogP contribution in [0.4, 0.5) is 17.1 Å². The highest BCUT2D eigenvalue weighted by Crippen LogP contribution is 2.64. The molecule has 1 spiro atoms. The maximum Gasteiger partial charge on any atom is 0.135 e. The smallest absolute Gasteiger partial charge is 0.135 e. The molecule has 0 amide bonds. The number of ether oxygens (including phenoxy) is 1. The van der Waals surface area contributed by atoms with Crippen molar-refractivity contribution in [1.82, 2.24) is 0 Å². The molecular formula is C62H39NO. The highest BCUT2D eigenvalue weighted by Gasteiger charge is 2.51. The molecule has 0 saturated heterocycles. The van der Waals surface area contributed by atoms with Crippen molar-refractivity contribution in [3.63, 3.8) is 0 Å². The first-order chi connectivity index (χ1) is 31.8. The van der Waals surface area contributed by atoms with E-state index in [4.69, 9.17) is 4.74 Å². The average molecular weight is 814 g/mol. The number of benzene rings is 10. The summed E-state index contributed by atoms with van der Waals surface area (Å²) in [6.45, 7) is 0. The van der Waals surface area contributed by atoms with Crippen LogP contribution in [0.1, 0.15) is 33.4 Å². The monoisotopic (exact) mass is 813 g/mol. The van der Waals surface area contributed by atoms with Crippen LogP contribution in [0.15, 0.2) is 224 Å². The Bertz CT molecular complexity index is 3580. The lowest BCUT2D eigenvalue weighted by atomic mass is 9.65. The lowest BCUT2D eigenvalue weighted by Crippen LogP contribution is -2.29. The summed E-state index contributed by atoms with van der Waals surface area (Å²) in [4.78, 5) is 2.43. The summed E-state index contributed by atoms with van der Waals surface area (Å²) in [5, 5.41) is 0. The van der Waals surface area contributed by atoms with Crippen molar-refractivity contribution in [1.29, 1.82) is 0 Å². The topological polar surface area (TPSA) is 12.5 Å². The predicted molar refractivity (Wildman–Crippen MR) is 262 cm³/mol. The molecule has 1 aliphatic heterocycles. The molecule has 10 aromatic carbocycles. The third-order valence-electron chi connectivity index (χ3n) is 14.3. The molecule has 0 fully saturated rings. The van der Waals surface area contributed by atoms with Gasteiger partial charge in [0.25, 0.3) is 0 Å². The van der Waals surface area contributed by atoms with Crippen LogP contribution < -0.4 is 9.64 Å². The van der Waals surface area contributed by atoms with Crippen LogP contribution in [0.25, 0.3) is 66.8 Å². The Balaban J connectivity index is 1.07. The molecule has 1 heterocycles. The number of fused-ring (bicyclic) bond motifs is 21. The van der Waals surface area contributed by atoms with Crippen LogP contribution in [0.2, 0.25) is 0 Å². The Morgan fingerprint density at radius 3 is 1.59 bits per heavy atom. The van der Waals surface area contributed by atoms with Gasteiger partial charge in [-0.3, -0.25) is 0 Å². The summed E-state index contributed by atoms with van der Waals surface area (Å²) in [5.74, 6) is 1.71. The zero-order chi connectivity index (χ0) is 41.9. The summed E-state index contributed by atoms with van der Waals surface area (Å²) in [6, 6.07) is 83.2. The van der Waals surface area contributed by atoms with Crippen LogP contribution in [-0.2, 0) is 11.8 Å². The summed E-state index contributed by atoms with van der Waals surface area (Å²) in [7, 11) is 0. The first kappa shape index (κ1) is 35.4. The second kappa shape index (κ2) is 13.4. The molecule has 4 aliphatic rings. The SMILES string of the molecule is c1ccc(N(c2ccc3c(c2)-c2ccccc2-c2ccccc2O3)c2ccc3c(c2)C2(c4ccccc4-c4ccccc4-3)c3ccccc3-c3c2ccc2c3-c3ccccc3C2)cc1. The lowest BCUT2D eigenvalue weighted by Gasteiger charge is -2.36. The van der Waals surface area contributed by atoms with Crippen LogP contribution in [0, 0.1) is 0 Å². The number of rotatable bonds is 3. The molecule has 1 atom stereocenters. The number of anilines is 3. The fourth-order valence-electron chi connectivity index (χ4n) is 11.8. The van der Waals surface area contributed by atoms with E-state index in [-0.39, 0.29) is 0 Å². The van der Waals surface area contributed by atoms with Gasteiger partial charge in [0.05, 0.1) is 5.41 Å². The number of hydrogen-bond acceptors (Lipinski definition) is 2. The van der Waals surface area contributed by atoms with Crippen molar-refractivity contribution in [2.75, 3.05) is 4.90 Å². The van der Waals surface area contributed by atoms with E-state index in [1.54, 1.807) is 0 Å². The van der Waals surface area contributed by atoms with Gasteiger partial charge < -0.3 is 9.64 Å². The van der Waals surface area contributed by atoms with Gasteiger partial charge in [0, 0.05) is 28.2 Å². The van der Waals surface area contributed by atoms with Gasteiger partial charge in [-0.2, -0.15) is 0 Å². The van der Waals surface area contributed by atoms with Gasteiger partial charge in [0.1, 0.15) is 11.5 Å². The summed E-state index contributed by atoms with van der Waals surface area (Å²) in [6.07, 6.45) is 0.950. The van der Waals surface area contributed by atoms with Crippen LogP contribution in [0.3, 0.4) is 0 Å². The van der Waals surface area contributed by atoms with E-state index < -0.39 is 5.41 Å². The van der Waals surface area contributed by atoms with Gasteiger partial charge in [0.15, 0.2) is 0 Å². The molecular weight excluding hydrogens is 775 g/mol. The maximum absolute atomic E-state index is 6.75. The molecule has 2 nitrogen and oxygen atoms in total. The molecule has 1 unspecified atom stereocenters. The van der Waals surface area contributed by atoms with Crippen molar-refractivity contribution in [3.05, 3.63) is 258 Å². The molecule has 3 aliphatic carbocycles. The van der Waals surface area contributed by atoms with Crippen molar-refractivity contribution in [2.24, 2.45) is 0 Å². The first-order valence-electron chi connectivity index (χ1n) is 22.3. The van der Waals surface area contributed by atoms with Crippen LogP contribution in [-0.4, -0.2) is 0 Å². The summed E-state index contributed by atoms with van der Waals surface area (Å²) >= 11 is 0. The van der Waals surface area contributed by atoms with E-state index in [0.717, 1.165) is 57.2 Å². The van der Waals surface area contributed by atoms with E-state index in [0.29, 0.717) is 0 Å². The zero-order valence-electron chi connectivity index (χ0n) is 34.9.